The van der Waals surface area contributed by atoms with Gasteiger partial charge in [0, 0.05) is 12.4 Å². The van der Waals surface area contributed by atoms with E-state index in [-0.39, 0.29) is 0 Å². The Morgan fingerprint density at radius 3 is 2.86 bits per heavy atom. The van der Waals surface area contributed by atoms with Gasteiger partial charge in [0.15, 0.2) is 5.75 Å². The molecule has 1 aromatic carbocycles. The molecule has 0 aliphatic carbocycles. The molecule has 7 heteroatoms. The smallest absolute Gasteiger partial charge is 0.442 e. The largest absolute Gasteiger partial charge is 0.451 e. The van der Waals surface area contributed by atoms with E-state index in [9.17, 15) is 4.79 Å². The van der Waals surface area contributed by atoms with Crippen molar-refractivity contribution in [2.75, 3.05) is 13.7 Å². The summed E-state index contributed by atoms with van der Waals surface area (Å²) in [6.45, 7) is 2.73. The molecule has 1 amide bonds. The molecule has 0 radical (unpaired) electrons. The Balaban J connectivity index is 2.10. The lowest BCUT2D eigenvalue weighted by Crippen LogP contribution is -2.33. The summed E-state index contributed by atoms with van der Waals surface area (Å²) in [5.74, 6) is 0.396. The van der Waals surface area contributed by atoms with E-state index >= 15 is 0 Å². The van der Waals surface area contributed by atoms with Crippen LogP contribution in [-0.2, 0) is 11.3 Å². The number of hydrogen-bond acceptors (Lipinski definition) is 4. The molecule has 0 fully saturated rings. The molecule has 0 aliphatic rings. The van der Waals surface area contributed by atoms with Gasteiger partial charge < -0.3 is 9.57 Å². The molecule has 0 atom stereocenters. The number of amides is 1. The summed E-state index contributed by atoms with van der Waals surface area (Å²) in [6, 6.07) is 7.22. The zero-order valence-corrected chi connectivity index (χ0v) is 12.6. The summed E-state index contributed by atoms with van der Waals surface area (Å²) < 4.78 is 6.41. The summed E-state index contributed by atoms with van der Waals surface area (Å²) in [6.07, 6.45) is 3.01. The van der Waals surface area contributed by atoms with Gasteiger partial charge in [0.25, 0.3) is 0 Å². The summed E-state index contributed by atoms with van der Waals surface area (Å²) in [7, 11) is 1.29. The second kappa shape index (κ2) is 6.99. The molecule has 6 nitrogen and oxygen atoms in total. The van der Waals surface area contributed by atoms with Crippen molar-refractivity contribution in [3.05, 3.63) is 47.2 Å². The molecule has 0 saturated carbocycles. The van der Waals surface area contributed by atoms with Gasteiger partial charge in [-0.2, -0.15) is 5.10 Å². The monoisotopic (exact) mass is 309 g/mol. The predicted molar refractivity (Wildman–Crippen MR) is 78.2 cm³/mol. The highest BCUT2D eigenvalue weighted by Gasteiger charge is 2.15. The average molecular weight is 310 g/mol. The standard InChI is InChI=1S/C14H16ClN3O3/c1-3-18(14(19)20-2)21-13-6-5-11(9-12(13)15)10-17-8-4-7-16-17/h4-9H,3,10H2,1-2H3. The van der Waals surface area contributed by atoms with Gasteiger partial charge in [-0.25, -0.2) is 4.79 Å². The number of carbonyl (C=O) groups is 1. The van der Waals surface area contributed by atoms with Crippen molar-refractivity contribution in [1.29, 1.82) is 0 Å². The Hall–Kier alpha value is -2.21. The molecule has 0 spiro atoms. The number of ether oxygens (including phenoxy) is 1. The lowest BCUT2D eigenvalue weighted by Gasteiger charge is -2.20. The zero-order chi connectivity index (χ0) is 15.2. The lowest BCUT2D eigenvalue weighted by molar-refractivity contribution is -0.0380. The number of nitrogens with zero attached hydrogens (tertiary/aromatic N) is 3. The minimum atomic E-state index is -0.575. The molecule has 1 heterocycles. The molecule has 0 saturated heterocycles. The van der Waals surface area contributed by atoms with E-state index < -0.39 is 6.09 Å². The molecule has 0 aliphatic heterocycles. The fourth-order valence-corrected chi connectivity index (χ4v) is 1.99. The third-order valence-electron chi connectivity index (χ3n) is 2.77. The first-order valence-corrected chi connectivity index (χ1v) is 6.81. The highest BCUT2D eigenvalue weighted by Crippen LogP contribution is 2.26. The van der Waals surface area contributed by atoms with Crippen LogP contribution in [0.2, 0.25) is 5.02 Å². The molecule has 0 N–H and O–H groups in total. The van der Waals surface area contributed by atoms with E-state index in [1.165, 1.54) is 7.11 Å². The molecular formula is C14H16ClN3O3. The number of benzene rings is 1. The highest BCUT2D eigenvalue weighted by atomic mass is 35.5. The Morgan fingerprint density at radius 2 is 2.29 bits per heavy atom. The Kier molecular flexibility index (Phi) is 5.05. The van der Waals surface area contributed by atoms with Crippen molar-refractivity contribution in [3.63, 3.8) is 0 Å². The van der Waals surface area contributed by atoms with Crippen molar-refractivity contribution in [3.8, 4) is 5.75 Å². The van der Waals surface area contributed by atoms with E-state index in [2.05, 4.69) is 9.84 Å². The van der Waals surface area contributed by atoms with Crippen LogP contribution in [0.3, 0.4) is 0 Å². The van der Waals surface area contributed by atoms with Crippen LogP contribution in [0.5, 0.6) is 5.75 Å². The fourth-order valence-electron chi connectivity index (χ4n) is 1.75. The SMILES string of the molecule is CCN(Oc1ccc(Cn2cccn2)cc1Cl)C(=O)OC. The van der Waals surface area contributed by atoms with E-state index in [1.807, 2.05) is 18.3 Å². The third-order valence-corrected chi connectivity index (χ3v) is 3.07. The first kappa shape index (κ1) is 15.2. The molecule has 0 bridgehead atoms. The van der Waals surface area contributed by atoms with Gasteiger partial charge in [0.2, 0.25) is 0 Å². The Labute approximate surface area is 127 Å². The van der Waals surface area contributed by atoms with E-state index in [1.54, 1.807) is 29.9 Å². The van der Waals surface area contributed by atoms with Crippen LogP contribution in [0.4, 0.5) is 4.79 Å². The van der Waals surface area contributed by atoms with Crippen LogP contribution in [-0.4, -0.2) is 34.6 Å². The number of aromatic nitrogens is 2. The highest BCUT2D eigenvalue weighted by molar-refractivity contribution is 6.32. The first-order chi connectivity index (χ1) is 10.1. The lowest BCUT2D eigenvalue weighted by atomic mass is 10.2. The fraction of sp³-hybridized carbons (Fsp3) is 0.286. The quantitative estimate of drug-likeness (QED) is 0.797. The van der Waals surface area contributed by atoms with Gasteiger partial charge in [-0.15, -0.1) is 5.06 Å². The first-order valence-electron chi connectivity index (χ1n) is 6.43. The number of halogens is 1. The van der Waals surface area contributed by atoms with Crippen molar-refractivity contribution < 1.29 is 14.4 Å². The van der Waals surface area contributed by atoms with Crippen LogP contribution in [0.25, 0.3) is 0 Å². The number of rotatable bonds is 5. The molecule has 0 unspecified atom stereocenters. The van der Waals surface area contributed by atoms with Crippen LogP contribution in [0.1, 0.15) is 12.5 Å². The van der Waals surface area contributed by atoms with Crippen LogP contribution in [0.15, 0.2) is 36.7 Å². The van der Waals surface area contributed by atoms with Gasteiger partial charge in [-0.1, -0.05) is 17.7 Å². The van der Waals surface area contributed by atoms with Crippen LogP contribution in [0, 0.1) is 0 Å². The number of carbonyl (C=O) groups excluding carboxylic acids is 1. The van der Waals surface area contributed by atoms with Crippen molar-refractivity contribution >= 4 is 17.7 Å². The van der Waals surface area contributed by atoms with Crippen molar-refractivity contribution in [1.82, 2.24) is 14.8 Å². The van der Waals surface area contributed by atoms with Gasteiger partial charge in [0.1, 0.15) is 0 Å². The van der Waals surface area contributed by atoms with Gasteiger partial charge in [0.05, 0.1) is 25.2 Å². The second-order valence-corrected chi connectivity index (χ2v) is 4.63. The van der Waals surface area contributed by atoms with Crippen molar-refractivity contribution in [2.45, 2.75) is 13.5 Å². The normalized spacial score (nSPS) is 10.2. The Morgan fingerprint density at radius 1 is 1.48 bits per heavy atom. The topological polar surface area (TPSA) is 56.6 Å². The number of hydroxylamine groups is 2. The molecule has 2 rings (SSSR count). The molecule has 2 aromatic rings. The predicted octanol–water partition coefficient (Wildman–Crippen LogP) is 2.97. The Bertz CT molecular complexity index is 602. The maximum atomic E-state index is 11.5. The maximum absolute atomic E-state index is 11.5. The van der Waals surface area contributed by atoms with Crippen LogP contribution >= 0.6 is 11.6 Å². The van der Waals surface area contributed by atoms with Crippen molar-refractivity contribution in [2.24, 2.45) is 0 Å². The van der Waals surface area contributed by atoms with Crippen LogP contribution < -0.4 is 4.84 Å². The minimum Gasteiger partial charge on any atom is -0.451 e. The summed E-state index contributed by atoms with van der Waals surface area (Å²) >= 11 is 6.19. The van der Waals surface area contributed by atoms with Gasteiger partial charge >= 0.3 is 6.09 Å². The zero-order valence-electron chi connectivity index (χ0n) is 11.8. The van der Waals surface area contributed by atoms with E-state index in [0.29, 0.717) is 23.9 Å². The molecule has 1 aromatic heterocycles. The van der Waals surface area contributed by atoms with E-state index in [4.69, 9.17) is 16.4 Å². The second-order valence-electron chi connectivity index (χ2n) is 4.22. The van der Waals surface area contributed by atoms with E-state index in [0.717, 1.165) is 10.6 Å². The maximum Gasteiger partial charge on any atom is 0.442 e. The number of methoxy groups -OCH3 is 1. The minimum absolute atomic E-state index is 0.345. The molecule has 21 heavy (non-hydrogen) atoms. The summed E-state index contributed by atoms with van der Waals surface area (Å²) in [5, 5.41) is 5.64. The number of hydrogen-bond donors (Lipinski definition) is 0. The third kappa shape index (κ3) is 3.88. The average Bonchev–Trinajstić information content (AvgIpc) is 2.98. The van der Waals surface area contributed by atoms with Gasteiger partial charge in [-0.05, 0) is 30.7 Å². The summed E-state index contributed by atoms with van der Waals surface area (Å²) in [5.41, 5.74) is 0.983. The van der Waals surface area contributed by atoms with Gasteiger partial charge in [-0.3, -0.25) is 4.68 Å². The molecule has 112 valence electrons. The summed E-state index contributed by atoms with van der Waals surface area (Å²) in [4.78, 5) is 16.9. The molecular weight excluding hydrogens is 294 g/mol.